The topological polar surface area (TPSA) is 67.4 Å². The predicted octanol–water partition coefficient (Wildman–Crippen LogP) is 2.31. The van der Waals surface area contributed by atoms with E-state index in [1.165, 1.54) is 11.3 Å². The summed E-state index contributed by atoms with van der Waals surface area (Å²) in [6.07, 6.45) is 0. The first-order valence-corrected chi connectivity index (χ1v) is 8.02. The Morgan fingerprint density at radius 1 is 1.55 bits per heavy atom. The zero-order valence-electron chi connectivity index (χ0n) is 12.9. The third-order valence-corrected chi connectivity index (χ3v) is 4.83. The Balaban J connectivity index is 1.91. The summed E-state index contributed by atoms with van der Waals surface area (Å²) in [5.41, 5.74) is 2.95. The molecule has 0 saturated carbocycles. The lowest BCUT2D eigenvalue weighted by Gasteiger charge is -2.35. The van der Waals surface area contributed by atoms with Crippen LogP contribution in [0.3, 0.4) is 0 Å². The maximum atomic E-state index is 12.9. The molecule has 0 radical (unpaired) electrons. The third kappa shape index (κ3) is 2.62. The number of amides is 1. The van der Waals surface area contributed by atoms with Gasteiger partial charge < -0.3 is 14.4 Å². The summed E-state index contributed by atoms with van der Waals surface area (Å²) >= 11 is 1.40. The van der Waals surface area contributed by atoms with Crippen molar-refractivity contribution in [2.45, 2.75) is 19.9 Å². The van der Waals surface area contributed by atoms with Gasteiger partial charge in [-0.15, -0.1) is 11.3 Å². The van der Waals surface area contributed by atoms with E-state index in [-0.39, 0.29) is 11.9 Å². The highest BCUT2D eigenvalue weighted by Crippen LogP contribution is 2.31. The van der Waals surface area contributed by atoms with Gasteiger partial charge in [-0.3, -0.25) is 9.89 Å². The average Bonchev–Trinajstić information content (AvgIpc) is 3.14. The van der Waals surface area contributed by atoms with Crippen molar-refractivity contribution >= 4 is 17.2 Å². The Kier molecular flexibility index (Phi) is 4.17. The second-order valence-corrected chi connectivity index (χ2v) is 6.20. The van der Waals surface area contributed by atoms with Crippen LogP contribution >= 0.6 is 11.3 Å². The Bertz CT molecular complexity index is 660. The van der Waals surface area contributed by atoms with Crippen LogP contribution < -0.4 is 4.74 Å². The lowest BCUT2D eigenvalue weighted by atomic mass is 10.0. The van der Waals surface area contributed by atoms with Crippen LogP contribution in [-0.2, 0) is 4.74 Å². The van der Waals surface area contributed by atoms with Crippen LogP contribution in [0.1, 0.15) is 32.7 Å². The molecule has 0 aromatic carbocycles. The van der Waals surface area contributed by atoms with Gasteiger partial charge in [0.2, 0.25) is 0 Å². The minimum absolute atomic E-state index is 0.0154. The SMILES string of the molecule is COc1csc(C(=O)N2CCOC[C@H]2c2c(C)n[nH]c2C)c1. The van der Waals surface area contributed by atoms with E-state index >= 15 is 0 Å². The highest BCUT2D eigenvalue weighted by atomic mass is 32.1. The number of aromatic nitrogens is 2. The molecule has 1 aliphatic rings. The average molecular weight is 321 g/mol. The number of ether oxygens (including phenoxy) is 2. The maximum Gasteiger partial charge on any atom is 0.264 e. The monoisotopic (exact) mass is 321 g/mol. The Labute approximate surface area is 133 Å². The lowest BCUT2D eigenvalue weighted by Crippen LogP contribution is -2.43. The van der Waals surface area contributed by atoms with Crippen LogP contribution in [0.5, 0.6) is 5.75 Å². The normalized spacial score (nSPS) is 18.5. The van der Waals surface area contributed by atoms with E-state index < -0.39 is 0 Å². The van der Waals surface area contributed by atoms with Crippen molar-refractivity contribution in [3.63, 3.8) is 0 Å². The Morgan fingerprint density at radius 3 is 3.00 bits per heavy atom. The molecule has 3 heterocycles. The van der Waals surface area contributed by atoms with Gasteiger partial charge in [-0.1, -0.05) is 0 Å². The van der Waals surface area contributed by atoms with Gasteiger partial charge in [0.05, 0.1) is 36.9 Å². The first kappa shape index (κ1) is 15.1. The molecule has 0 aliphatic carbocycles. The molecule has 1 atom stereocenters. The minimum Gasteiger partial charge on any atom is -0.496 e. The van der Waals surface area contributed by atoms with Gasteiger partial charge in [0.25, 0.3) is 5.91 Å². The molecule has 2 aromatic rings. The molecule has 2 aromatic heterocycles. The van der Waals surface area contributed by atoms with Crippen LogP contribution in [0.15, 0.2) is 11.4 Å². The number of thiophene rings is 1. The van der Waals surface area contributed by atoms with Gasteiger partial charge in [-0.05, 0) is 13.8 Å². The largest absolute Gasteiger partial charge is 0.496 e. The van der Waals surface area contributed by atoms with E-state index in [4.69, 9.17) is 9.47 Å². The van der Waals surface area contributed by atoms with E-state index in [0.717, 1.165) is 17.0 Å². The summed E-state index contributed by atoms with van der Waals surface area (Å²) in [4.78, 5) is 15.4. The standard InChI is InChI=1S/C15H19N3O3S/c1-9-14(10(2)17-16-9)12-7-21-5-4-18(12)15(19)13-6-11(20-3)8-22-13/h6,8,12H,4-5,7H2,1-3H3,(H,16,17)/t12-/m0/s1. The number of nitrogens with one attached hydrogen (secondary N) is 1. The molecule has 118 valence electrons. The van der Waals surface area contributed by atoms with Gasteiger partial charge in [0.15, 0.2) is 0 Å². The molecule has 3 rings (SSSR count). The molecule has 7 heteroatoms. The number of nitrogens with zero attached hydrogens (tertiary/aromatic N) is 2. The summed E-state index contributed by atoms with van der Waals surface area (Å²) in [5, 5.41) is 9.07. The summed E-state index contributed by atoms with van der Waals surface area (Å²) in [6.45, 7) is 5.55. The number of aromatic amines is 1. The number of carbonyl (C=O) groups excluding carboxylic acids is 1. The van der Waals surface area contributed by atoms with E-state index in [2.05, 4.69) is 10.2 Å². The van der Waals surface area contributed by atoms with E-state index in [1.807, 2.05) is 24.1 Å². The number of hydrogen-bond acceptors (Lipinski definition) is 5. The number of aryl methyl sites for hydroxylation is 2. The smallest absolute Gasteiger partial charge is 0.264 e. The fourth-order valence-electron chi connectivity index (χ4n) is 2.82. The molecule has 1 aliphatic heterocycles. The van der Waals surface area contributed by atoms with Crippen molar-refractivity contribution in [3.8, 4) is 5.75 Å². The molecule has 1 amide bonds. The van der Waals surface area contributed by atoms with Crippen molar-refractivity contribution in [1.82, 2.24) is 15.1 Å². The Hall–Kier alpha value is -1.86. The van der Waals surface area contributed by atoms with Crippen molar-refractivity contribution in [2.75, 3.05) is 26.9 Å². The number of rotatable bonds is 3. The molecule has 1 N–H and O–H groups in total. The highest BCUT2D eigenvalue weighted by molar-refractivity contribution is 7.12. The maximum absolute atomic E-state index is 12.9. The van der Waals surface area contributed by atoms with Crippen LogP contribution in [0.25, 0.3) is 0 Å². The van der Waals surface area contributed by atoms with Crippen LogP contribution in [0, 0.1) is 13.8 Å². The first-order valence-electron chi connectivity index (χ1n) is 7.14. The number of H-pyrrole nitrogens is 1. The zero-order valence-corrected chi connectivity index (χ0v) is 13.7. The van der Waals surface area contributed by atoms with Gasteiger partial charge >= 0.3 is 0 Å². The second-order valence-electron chi connectivity index (χ2n) is 5.29. The lowest BCUT2D eigenvalue weighted by molar-refractivity contribution is -0.00275. The summed E-state index contributed by atoms with van der Waals surface area (Å²) in [5.74, 6) is 0.732. The predicted molar refractivity (Wildman–Crippen MR) is 83.5 cm³/mol. The summed E-state index contributed by atoms with van der Waals surface area (Å²) in [6, 6.07) is 1.68. The van der Waals surface area contributed by atoms with Crippen molar-refractivity contribution in [3.05, 3.63) is 33.3 Å². The molecule has 1 saturated heterocycles. The van der Waals surface area contributed by atoms with Gasteiger partial charge in [0, 0.05) is 29.2 Å². The van der Waals surface area contributed by atoms with Crippen molar-refractivity contribution in [2.24, 2.45) is 0 Å². The molecule has 6 nitrogen and oxygen atoms in total. The molecule has 22 heavy (non-hydrogen) atoms. The second kappa shape index (κ2) is 6.10. The summed E-state index contributed by atoms with van der Waals surface area (Å²) < 4.78 is 10.8. The molecule has 0 bridgehead atoms. The van der Waals surface area contributed by atoms with E-state index in [0.29, 0.717) is 30.4 Å². The Morgan fingerprint density at radius 2 is 2.36 bits per heavy atom. The van der Waals surface area contributed by atoms with Gasteiger partial charge in [0.1, 0.15) is 5.75 Å². The molecule has 0 spiro atoms. The quantitative estimate of drug-likeness (QED) is 0.942. The fraction of sp³-hybridized carbons (Fsp3) is 0.467. The fourth-order valence-corrected chi connectivity index (χ4v) is 3.63. The molecule has 0 unspecified atom stereocenters. The van der Waals surface area contributed by atoms with Gasteiger partial charge in [-0.25, -0.2) is 0 Å². The minimum atomic E-state index is -0.104. The number of hydrogen-bond donors (Lipinski definition) is 1. The first-order chi connectivity index (χ1) is 10.6. The number of morpholine rings is 1. The van der Waals surface area contributed by atoms with Crippen LogP contribution in [0.4, 0.5) is 0 Å². The van der Waals surface area contributed by atoms with E-state index in [9.17, 15) is 4.79 Å². The highest BCUT2D eigenvalue weighted by Gasteiger charge is 2.33. The number of carbonyl (C=O) groups is 1. The number of methoxy groups -OCH3 is 1. The van der Waals surface area contributed by atoms with Crippen LogP contribution in [0.2, 0.25) is 0 Å². The van der Waals surface area contributed by atoms with Crippen molar-refractivity contribution in [1.29, 1.82) is 0 Å². The van der Waals surface area contributed by atoms with Crippen LogP contribution in [-0.4, -0.2) is 47.9 Å². The van der Waals surface area contributed by atoms with Crippen molar-refractivity contribution < 1.29 is 14.3 Å². The zero-order chi connectivity index (χ0) is 15.7. The summed E-state index contributed by atoms with van der Waals surface area (Å²) in [7, 11) is 1.60. The molecular formula is C15H19N3O3S. The molecular weight excluding hydrogens is 302 g/mol. The third-order valence-electron chi connectivity index (χ3n) is 3.93. The van der Waals surface area contributed by atoms with E-state index in [1.54, 1.807) is 13.2 Å². The molecule has 1 fully saturated rings. The van der Waals surface area contributed by atoms with Gasteiger partial charge in [-0.2, -0.15) is 5.10 Å².